The van der Waals surface area contributed by atoms with E-state index in [-0.39, 0.29) is 0 Å². The molecule has 2 aromatic heterocycles. The van der Waals surface area contributed by atoms with E-state index in [1.54, 1.807) is 0 Å². The van der Waals surface area contributed by atoms with Crippen LogP contribution in [0.15, 0.2) is 211 Å². The molecule has 3 heteroatoms. The Morgan fingerprint density at radius 2 is 0.964 bits per heavy atom. The molecule has 2 heterocycles. The molecule has 0 fully saturated rings. The monoisotopic (exact) mass is 714 g/mol. The maximum Gasteiger partial charge on any atom is 0.180 e. The number of benzene rings is 8. The highest BCUT2D eigenvalue weighted by atomic mass is 16.3. The van der Waals surface area contributed by atoms with Crippen molar-refractivity contribution in [2.75, 3.05) is 0 Å². The minimum absolute atomic E-state index is 0.556. The fourth-order valence-corrected chi connectivity index (χ4v) is 8.91. The zero-order valence-electron chi connectivity index (χ0n) is 30.4. The molecule has 3 nitrogen and oxygen atoms in total. The van der Waals surface area contributed by atoms with Gasteiger partial charge in [0.05, 0.1) is 5.41 Å². The van der Waals surface area contributed by atoms with Gasteiger partial charge in [0.2, 0.25) is 0 Å². The molecular weight excluding hydrogens is 681 g/mol. The second kappa shape index (κ2) is 12.9. The molecule has 0 atom stereocenters. The minimum Gasteiger partial charge on any atom is -0.452 e. The zero-order valence-corrected chi connectivity index (χ0v) is 30.4. The Bertz CT molecular complexity index is 3020. The SMILES string of the molecule is c1ccc(-c2cccc(-c3cc4c(cc3-c3nc(-c5ccccc5)c5oc6ccccc6c5n3)-c3ccccc3C4(c3ccccc3)c3ccccc3)c2)cc1. The average Bonchev–Trinajstić information content (AvgIpc) is 3.80. The van der Waals surface area contributed by atoms with Crippen LogP contribution in [-0.2, 0) is 5.41 Å². The molecule has 0 radical (unpaired) electrons. The predicted molar refractivity (Wildman–Crippen MR) is 228 cm³/mol. The van der Waals surface area contributed by atoms with Crippen molar-refractivity contribution in [1.82, 2.24) is 9.97 Å². The van der Waals surface area contributed by atoms with Gasteiger partial charge < -0.3 is 4.42 Å². The molecular formula is C53H34N2O. The molecule has 1 aliphatic carbocycles. The Morgan fingerprint density at radius 1 is 0.375 bits per heavy atom. The molecule has 1 aliphatic rings. The number of aromatic nitrogens is 2. The van der Waals surface area contributed by atoms with Crippen molar-refractivity contribution in [2.45, 2.75) is 5.41 Å². The number of hydrogen-bond acceptors (Lipinski definition) is 3. The Balaban J connectivity index is 1.27. The van der Waals surface area contributed by atoms with E-state index in [9.17, 15) is 0 Å². The van der Waals surface area contributed by atoms with Gasteiger partial charge in [-0.15, -0.1) is 0 Å². The Morgan fingerprint density at radius 3 is 1.70 bits per heavy atom. The molecule has 11 rings (SSSR count). The third kappa shape index (κ3) is 4.91. The number of fused-ring (bicyclic) bond motifs is 6. The van der Waals surface area contributed by atoms with Gasteiger partial charge in [0.25, 0.3) is 0 Å². The predicted octanol–water partition coefficient (Wildman–Crippen LogP) is 13.4. The Kier molecular flexibility index (Phi) is 7.39. The summed E-state index contributed by atoms with van der Waals surface area (Å²) in [4.78, 5) is 10.8. The van der Waals surface area contributed by atoms with Gasteiger partial charge in [-0.1, -0.05) is 176 Å². The molecule has 10 aromatic rings. The summed E-state index contributed by atoms with van der Waals surface area (Å²) in [7, 11) is 0. The van der Waals surface area contributed by atoms with E-state index in [0.29, 0.717) is 11.4 Å². The lowest BCUT2D eigenvalue weighted by molar-refractivity contribution is 0.667. The van der Waals surface area contributed by atoms with Gasteiger partial charge in [0.15, 0.2) is 11.4 Å². The van der Waals surface area contributed by atoms with Gasteiger partial charge in [-0.3, -0.25) is 0 Å². The number of nitrogens with zero attached hydrogens (tertiary/aromatic N) is 2. The second-order valence-electron chi connectivity index (χ2n) is 14.5. The standard InChI is InChI=1S/C53H34N2O/c1-5-18-35(19-6-1)37-22-17-23-38(32-37)43-34-47-44(41-28-13-15-30-46(41)53(47,39-24-9-3-10-25-39)40-26-11-4-12-27-40)33-45(43)52-54-49(36-20-7-2-8-21-36)51-50(55-52)42-29-14-16-31-48(42)56-51/h1-34H. The van der Waals surface area contributed by atoms with E-state index in [1.165, 1.54) is 38.9 Å². The van der Waals surface area contributed by atoms with E-state index in [0.717, 1.165) is 50.0 Å². The highest BCUT2D eigenvalue weighted by Crippen LogP contribution is 2.58. The van der Waals surface area contributed by atoms with Crippen LogP contribution in [-0.4, -0.2) is 9.97 Å². The van der Waals surface area contributed by atoms with Gasteiger partial charge in [-0.2, -0.15) is 0 Å². The second-order valence-corrected chi connectivity index (χ2v) is 14.5. The third-order valence-corrected chi connectivity index (χ3v) is 11.4. The van der Waals surface area contributed by atoms with Crippen LogP contribution >= 0.6 is 0 Å². The molecule has 262 valence electrons. The van der Waals surface area contributed by atoms with Crippen LogP contribution in [0, 0.1) is 0 Å². The van der Waals surface area contributed by atoms with Crippen molar-refractivity contribution in [2.24, 2.45) is 0 Å². The van der Waals surface area contributed by atoms with Crippen molar-refractivity contribution in [3.63, 3.8) is 0 Å². The van der Waals surface area contributed by atoms with Crippen LogP contribution in [0.25, 0.3) is 78.1 Å². The van der Waals surface area contributed by atoms with Crippen LogP contribution in [0.4, 0.5) is 0 Å². The summed E-state index contributed by atoms with van der Waals surface area (Å²) >= 11 is 0. The molecule has 8 aromatic carbocycles. The molecule has 0 spiro atoms. The van der Waals surface area contributed by atoms with Crippen molar-refractivity contribution >= 4 is 22.1 Å². The molecule has 0 bridgehead atoms. The highest BCUT2D eigenvalue weighted by Gasteiger charge is 2.46. The molecule has 0 saturated heterocycles. The number of furan rings is 1. The molecule has 0 aliphatic heterocycles. The van der Waals surface area contributed by atoms with Gasteiger partial charge in [0, 0.05) is 16.5 Å². The molecule has 0 amide bonds. The fourth-order valence-electron chi connectivity index (χ4n) is 8.91. The summed E-state index contributed by atoms with van der Waals surface area (Å²) in [6.45, 7) is 0. The van der Waals surface area contributed by atoms with E-state index in [1.807, 2.05) is 36.4 Å². The van der Waals surface area contributed by atoms with Crippen molar-refractivity contribution in [3.05, 3.63) is 229 Å². The summed E-state index contributed by atoms with van der Waals surface area (Å²) in [5.41, 5.74) is 16.2. The average molecular weight is 715 g/mol. The van der Waals surface area contributed by atoms with E-state index >= 15 is 0 Å². The summed E-state index contributed by atoms with van der Waals surface area (Å²) in [5, 5.41) is 0.967. The normalized spacial score (nSPS) is 12.8. The number of hydrogen-bond donors (Lipinski definition) is 0. The first-order valence-corrected chi connectivity index (χ1v) is 19.1. The zero-order chi connectivity index (χ0) is 37.1. The number of rotatable bonds is 6. The quantitative estimate of drug-likeness (QED) is 0.172. The lowest BCUT2D eigenvalue weighted by Crippen LogP contribution is -2.28. The summed E-state index contributed by atoms with van der Waals surface area (Å²) in [6, 6.07) is 73.5. The maximum atomic E-state index is 6.53. The first-order chi connectivity index (χ1) is 27.8. The van der Waals surface area contributed by atoms with E-state index < -0.39 is 5.41 Å². The van der Waals surface area contributed by atoms with E-state index in [2.05, 4.69) is 170 Å². The number of para-hydroxylation sites is 1. The lowest BCUT2D eigenvalue weighted by atomic mass is 9.67. The molecule has 56 heavy (non-hydrogen) atoms. The van der Waals surface area contributed by atoms with Crippen LogP contribution in [0.1, 0.15) is 22.3 Å². The highest BCUT2D eigenvalue weighted by molar-refractivity contribution is 6.07. The maximum absolute atomic E-state index is 6.53. The summed E-state index contributed by atoms with van der Waals surface area (Å²) in [6.07, 6.45) is 0. The van der Waals surface area contributed by atoms with Crippen molar-refractivity contribution < 1.29 is 4.42 Å². The van der Waals surface area contributed by atoms with Gasteiger partial charge in [-0.05, 0) is 86.0 Å². The first-order valence-electron chi connectivity index (χ1n) is 19.1. The van der Waals surface area contributed by atoms with Crippen LogP contribution in [0.3, 0.4) is 0 Å². The van der Waals surface area contributed by atoms with Crippen LogP contribution in [0.5, 0.6) is 0 Å². The Hall–Kier alpha value is -7.36. The van der Waals surface area contributed by atoms with Gasteiger partial charge in [-0.25, -0.2) is 9.97 Å². The lowest BCUT2D eigenvalue weighted by Gasteiger charge is -2.34. The summed E-state index contributed by atoms with van der Waals surface area (Å²) in [5.74, 6) is 0.653. The largest absolute Gasteiger partial charge is 0.452 e. The van der Waals surface area contributed by atoms with E-state index in [4.69, 9.17) is 14.4 Å². The Labute approximate surface area is 325 Å². The first kappa shape index (κ1) is 32.1. The van der Waals surface area contributed by atoms with Gasteiger partial charge >= 0.3 is 0 Å². The smallest absolute Gasteiger partial charge is 0.180 e. The molecule has 0 N–H and O–H groups in total. The fraction of sp³-hybridized carbons (Fsp3) is 0.0189. The summed E-state index contributed by atoms with van der Waals surface area (Å²) < 4.78 is 6.53. The topological polar surface area (TPSA) is 38.9 Å². The van der Waals surface area contributed by atoms with Crippen molar-refractivity contribution in [3.8, 4) is 56.0 Å². The van der Waals surface area contributed by atoms with Crippen molar-refractivity contribution in [1.29, 1.82) is 0 Å². The third-order valence-electron chi connectivity index (χ3n) is 11.4. The molecule has 0 saturated carbocycles. The molecule has 0 unspecified atom stereocenters. The van der Waals surface area contributed by atoms with Crippen LogP contribution in [0.2, 0.25) is 0 Å². The van der Waals surface area contributed by atoms with Gasteiger partial charge in [0.1, 0.15) is 16.8 Å². The van der Waals surface area contributed by atoms with Crippen LogP contribution < -0.4 is 0 Å². The minimum atomic E-state index is -0.556.